The van der Waals surface area contributed by atoms with Crippen LogP contribution >= 0.6 is 11.6 Å². The fourth-order valence-corrected chi connectivity index (χ4v) is 2.28. The van der Waals surface area contributed by atoms with Gasteiger partial charge in [0.25, 0.3) is 5.91 Å². The van der Waals surface area contributed by atoms with Crippen molar-refractivity contribution in [1.82, 2.24) is 4.90 Å². The maximum atomic E-state index is 12.1. The second kappa shape index (κ2) is 5.16. The van der Waals surface area contributed by atoms with Crippen LogP contribution in [0.25, 0.3) is 0 Å². The molecule has 1 N–H and O–H groups in total. The van der Waals surface area contributed by atoms with E-state index in [1.807, 2.05) is 6.07 Å². The van der Waals surface area contributed by atoms with E-state index in [0.29, 0.717) is 23.7 Å². The van der Waals surface area contributed by atoms with Gasteiger partial charge in [-0.1, -0.05) is 11.6 Å². The molecular weight excluding hydrogens is 254 g/mol. The zero-order valence-electron chi connectivity index (χ0n) is 10.4. The first-order valence-electron chi connectivity index (χ1n) is 5.85. The van der Waals surface area contributed by atoms with Crippen LogP contribution in [0.3, 0.4) is 0 Å². The summed E-state index contributed by atoms with van der Waals surface area (Å²) in [5.41, 5.74) is 0.950. The number of hydrogen-bond acceptors (Lipinski definition) is 3. The summed E-state index contributed by atoms with van der Waals surface area (Å²) in [5.74, 6) is 0.589. The normalized spacial score (nSPS) is 19.0. The Bertz CT molecular complexity index is 462. The van der Waals surface area contributed by atoms with Gasteiger partial charge in [0, 0.05) is 25.0 Å². The number of carbonyl (C=O) groups is 1. The summed E-state index contributed by atoms with van der Waals surface area (Å²) in [7, 11) is 1.66. The van der Waals surface area contributed by atoms with Crippen molar-refractivity contribution in [2.45, 2.75) is 25.6 Å². The van der Waals surface area contributed by atoms with Gasteiger partial charge in [-0.3, -0.25) is 4.79 Å². The van der Waals surface area contributed by atoms with E-state index >= 15 is 0 Å². The summed E-state index contributed by atoms with van der Waals surface area (Å²) in [6, 6.07) is 5.34. The molecule has 1 heterocycles. The van der Waals surface area contributed by atoms with Crippen molar-refractivity contribution in [3.63, 3.8) is 0 Å². The average Bonchev–Trinajstić information content (AvgIpc) is 2.69. The second-order valence-corrected chi connectivity index (χ2v) is 5.07. The second-order valence-electron chi connectivity index (χ2n) is 4.63. The van der Waals surface area contributed by atoms with Crippen molar-refractivity contribution in [2.24, 2.45) is 0 Å². The Kier molecular flexibility index (Phi) is 3.78. The Hall–Kier alpha value is -1.26. The summed E-state index contributed by atoms with van der Waals surface area (Å²) in [6.45, 7) is 1.95. The zero-order valence-corrected chi connectivity index (χ0v) is 11.1. The number of nitrogens with zero attached hydrogens (tertiary/aromatic N) is 1. The summed E-state index contributed by atoms with van der Waals surface area (Å²) in [5, 5.41) is 9.91. The fourth-order valence-electron chi connectivity index (χ4n) is 2.09. The van der Waals surface area contributed by atoms with E-state index in [1.165, 1.54) is 4.90 Å². The number of aliphatic hydroxyl groups excluding tert-OH is 1. The molecule has 18 heavy (non-hydrogen) atoms. The highest BCUT2D eigenvalue weighted by molar-refractivity contribution is 6.30. The maximum absolute atomic E-state index is 12.1. The maximum Gasteiger partial charge on any atom is 0.263 e. The van der Waals surface area contributed by atoms with Gasteiger partial charge in [-0.2, -0.15) is 0 Å². The molecule has 1 aliphatic rings. The molecule has 1 aromatic carbocycles. The minimum absolute atomic E-state index is 0.122. The average molecular weight is 270 g/mol. The van der Waals surface area contributed by atoms with Crippen molar-refractivity contribution in [3.05, 3.63) is 28.8 Å². The van der Waals surface area contributed by atoms with Crippen molar-refractivity contribution in [2.75, 3.05) is 13.6 Å². The van der Waals surface area contributed by atoms with Crippen molar-refractivity contribution in [3.8, 4) is 5.75 Å². The van der Waals surface area contributed by atoms with E-state index in [2.05, 4.69) is 0 Å². The van der Waals surface area contributed by atoms with Gasteiger partial charge in [0.2, 0.25) is 0 Å². The SMILES string of the molecule is CC(O)CN(C)C(=O)C1Cc2cc(Cl)ccc2O1. The van der Waals surface area contributed by atoms with Crippen LogP contribution in [0.2, 0.25) is 5.02 Å². The van der Waals surface area contributed by atoms with Gasteiger partial charge in [-0.15, -0.1) is 0 Å². The van der Waals surface area contributed by atoms with E-state index < -0.39 is 12.2 Å². The van der Waals surface area contributed by atoms with Crippen LogP contribution in [0.15, 0.2) is 18.2 Å². The molecule has 4 nitrogen and oxygen atoms in total. The predicted molar refractivity (Wildman–Crippen MR) is 68.9 cm³/mol. The molecule has 2 unspecified atom stereocenters. The third-order valence-electron chi connectivity index (χ3n) is 2.89. The highest BCUT2D eigenvalue weighted by Crippen LogP contribution is 2.31. The molecule has 2 rings (SSSR count). The third-order valence-corrected chi connectivity index (χ3v) is 3.12. The number of carbonyl (C=O) groups excluding carboxylic acids is 1. The molecule has 0 aromatic heterocycles. The topological polar surface area (TPSA) is 49.8 Å². The van der Waals surface area contributed by atoms with Crippen molar-refractivity contribution in [1.29, 1.82) is 0 Å². The van der Waals surface area contributed by atoms with Crippen molar-refractivity contribution < 1.29 is 14.6 Å². The lowest BCUT2D eigenvalue weighted by molar-refractivity contribution is -0.137. The van der Waals surface area contributed by atoms with Gasteiger partial charge in [-0.05, 0) is 30.7 Å². The molecule has 0 bridgehead atoms. The van der Waals surface area contributed by atoms with Crippen LogP contribution < -0.4 is 4.74 Å². The molecular formula is C13H16ClNO3. The summed E-state index contributed by atoms with van der Waals surface area (Å²) in [6.07, 6.45) is -0.529. The number of fused-ring (bicyclic) bond motifs is 1. The molecule has 98 valence electrons. The minimum atomic E-state index is -0.544. The van der Waals surface area contributed by atoms with Crippen LogP contribution in [0.5, 0.6) is 5.75 Å². The standard InChI is InChI=1S/C13H16ClNO3/c1-8(16)7-15(2)13(17)12-6-9-5-10(14)3-4-11(9)18-12/h3-5,8,12,16H,6-7H2,1-2H3. The molecule has 0 fully saturated rings. The number of rotatable bonds is 3. The van der Waals surface area contributed by atoms with E-state index in [-0.39, 0.29) is 5.91 Å². The molecule has 0 aliphatic carbocycles. The Balaban J connectivity index is 2.04. The Morgan fingerprint density at radius 1 is 1.67 bits per heavy atom. The number of ether oxygens (including phenoxy) is 1. The molecule has 1 aliphatic heterocycles. The summed E-state index contributed by atoms with van der Waals surface area (Å²) in [4.78, 5) is 13.6. The van der Waals surface area contributed by atoms with Gasteiger partial charge in [-0.25, -0.2) is 0 Å². The zero-order chi connectivity index (χ0) is 13.3. The first kappa shape index (κ1) is 13.2. The minimum Gasteiger partial charge on any atom is -0.480 e. The highest BCUT2D eigenvalue weighted by Gasteiger charge is 2.31. The largest absolute Gasteiger partial charge is 0.480 e. The molecule has 0 saturated heterocycles. The molecule has 2 atom stereocenters. The smallest absolute Gasteiger partial charge is 0.263 e. The fraction of sp³-hybridized carbons (Fsp3) is 0.462. The van der Waals surface area contributed by atoms with Gasteiger partial charge < -0.3 is 14.7 Å². The lowest BCUT2D eigenvalue weighted by Gasteiger charge is -2.21. The summed E-state index contributed by atoms with van der Waals surface area (Å²) >= 11 is 5.90. The molecule has 0 spiro atoms. The lowest BCUT2D eigenvalue weighted by atomic mass is 10.1. The van der Waals surface area contributed by atoms with Crippen molar-refractivity contribution >= 4 is 17.5 Å². The number of likely N-dealkylation sites (N-methyl/N-ethyl adjacent to an activating group) is 1. The van der Waals surface area contributed by atoms with E-state index in [9.17, 15) is 9.90 Å². The van der Waals surface area contributed by atoms with Gasteiger partial charge >= 0.3 is 0 Å². The van der Waals surface area contributed by atoms with Crippen LogP contribution in [0.1, 0.15) is 12.5 Å². The van der Waals surface area contributed by atoms with E-state index in [1.54, 1.807) is 26.1 Å². The molecule has 0 saturated carbocycles. The number of aliphatic hydroxyl groups is 1. The first-order valence-corrected chi connectivity index (χ1v) is 6.23. The summed E-state index contributed by atoms with van der Waals surface area (Å²) < 4.78 is 5.59. The highest BCUT2D eigenvalue weighted by atomic mass is 35.5. The van der Waals surface area contributed by atoms with E-state index in [0.717, 1.165) is 5.56 Å². The van der Waals surface area contributed by atoms with Gasteiger partial charge in [0.05, 0.1) is 6.10 Å². The lowest BCUT2D eigenvalue weighted by Crippen LogP contribution is -2.41. The molecule has 1 aromatic rings. The molecule has 5 heteroatoms. The Labute approximate surface area is 111 Å². The van der Waals surface area contributed by atoms with Crippen LogP contribution in [0, 0.1) is 0 Å². The van der Waals surface area contributed by atoms with Crippen LogP contribution in [-0.4, -0.2) is 41.7 Å². The van der Waals surface area contributed by atoms with Gasteiger partial charge in [0.15, 0.2) is 6.10 Å². The van der Waals surface area contributed by atoms with Gasteiger partial charge in [0.1, 0.15) is 5.75 Å². The molecule has 1 amide bonds. The van der Waals surface area contributed by atoms with E-state index in [4.69, 9.17) is 16.3 Å². The first-order chi connectivity index (χ1) is 8.47. The van der Waals surface area contributed by atoms with Crippen LogP contribution in [0.4, 0.5) is 0 Å². The quantitative estimate of drug-likeness (QED) is 0.904. The predicted octanol–water partition coefficient (Wildman–Crippen LogP) is 1.48. The third kappa shape index (κ3) is 2.76. The number of benzene rings is 1. The number of hydrogen-bond donors (Lipinski definition) is 1. The number of halogens is 1. The van der Waals surface area contributed by atoms with Crippen LogP contribution in [-0.2, 0) is 11.2 Å². The number of amides is 1. The monoisotopic (exact) mass is 269 g/mol. The molecule has 0 radical (unpaired) electrons. The Morgan fingerprint density at radius 2 is 2.39 bits per heavy atom. The Morgan fingerprint density at radius 3 is 3.06 bits per heavy atom.